The summed E-state index contributed by atoms with van der Waals surface area (Å²) in [6.45, 7) is 3.36. The first-order valence-corrected chi connectivity index (χ1v) is 22.7. The number of esters is 2. The Balaban J connectivity index is 4.33. The number of nitrogens with two attached hydrogens (primary N) is 1. The summed E-state index contributed by atoms with van der Waals surface area (Å²) in [7, 11) is -4.41. The van der Waals surface area contributed by atoms with Crippen molar-refractivity contribution in [2.45, 2.75) is 161 Å². The second-order valence-corrected chi connectivity index (χ2v) is 15.1. The molecule has 3 atom stereocenters. The molecule has 0 rings (SSSR count). The number of ether oxygens (including phenoxy) is 2. The molecule has 56 heavy (non-hydrogen) atoms. The second kappa shape index (κ2) is 40.4. The van der Waals surface area contributed by atoms with Crippen molar-refractivity contribution in [1.29, 1.82) is 0 Å². The number of phosphoric acid groups is 1. The van der Waals surface area contributed by atoms with Crippen molar-refractivity contribution in [2.24, 2.45) is 5.73 Å². The Morgan fingerprint density at radius 1 is 0.643 bits per heavy atom. The van der Waals surface area contributed by atoms with Gasteiger partial charge in [0.05, 0.1) is 19.3 Å². The highest BCUT2D eigenvalue weighted by Gasteiger charge is 2.25. The molecule has 0 aromatic rings. The van der Waals surface area contributed by atoms with E-state index in [4.69, 9.17) is 24.3 Å². The SMILES string of the molecule is CC/C=C\C(O)C/C=C/C=C\C/C=C\C/C=C\CCCC(=O)O[C@H](COC(=O)CCCCCCCCC/C=C\C/C=C\CCCCC)COP(=O)(O)OCCN. The van der Waals surface area contributed by atoms with Crippen LogP contribution in [-0.2, 0) is 32.7 Å². The molecule has 0 saturated carbocycles. The number of unbranched alkanes of at least 4 members (excludes halogenated alkanes) is 11. The molecule has 0 bridgehead atoms. The second-order valence-electron chi connectivity index (χ2n) is 13.7. The normalized spacial score (nSPS) is 14.7. The molecular weight excluding hydrogens is 729 g/mol. The number of allylic oxidation sites excluding steroid dienone is 12. The number of carbonyl (C=O) groups is 2. The lowest BCUT2D eigenvalue weighted by molar-refractivity contribution is -0.161. The fraction of sp³-hybridized carbons (Fsp3) is 0.644. The Morgan fingerprint density at radius 3 is 1.84 bits per heavy atom. The van der Waals surface area contributed by atoms with Gasteiger partial charge in [-0.1, -0.05) is 144 Å². The van der Waals surface area contributed by atoms with Crippen LogP contribution in [0.5, 0.6) is 0 Å². The van der Waals surface area contributed by atoms with Gasteiger partial charge in [0.2, 0.25) is 0 Å². The quantitative estimate of drug-likeness (QED) is 0.0180. The van der Waals surface area contributed by atoms with E-state index in [1.54, 1.807) is 0 Å². The van der Waals surface area contributed by atoms with E-state index < -0.39 is 38.6 Å². The molecule has 0 amide bonds. The summed E-state index contributed by atoms with van der Waals surface area (Å²) >= 11 is 0. The average molecular weight is 806 g/mol. The van der Waals surface area contributed by atoms with Crippen LogP contribution in [-0.4, -0.2) is 60.5 Å². The van der Waals surface area contributed by atoms with E-state index in [0.29, 0.717) is 25.7 Å². The van der Waals surface area contributed by atoms with E-state index >= 15 is 0 Å². The van der Waals surface area contributed by atoms with Crippen molar-refractivity contribution in [3.05, 3.63) is 85.1 Å². The molecule has 0 saturated heterocycles. The average Bonchev–Trinajstić information content (AvgIpc) is 3.18. The predicted molar refractivity (Wildman–Crippen MR) is 230 cm³/mol. The Morgan fingerprint density at radius 2 is 1.20 bits per heavy atom. The zero-order chi connectivity index (χ0) is 41.2. The lowest BCUT2D eigenvalue weighted by Gasteiger charge is -2.19. The van der Waals surface area contributed by atoms with Gasteiger partial charge in [-0.05, 0) is 77.0 Å². The standard InChI is InChI=1S/C45H76NO9P/c1-3-5-7-8-9-10-11-12-13-14-15-16-20-23-26-29-32-36-44(48)52-40-43(41-54-56(50,51)53-39-38-46)55-45(49)37-33-30-27-24-21-18-17-19-22-25-28-31-35-42(47)34-6-4-2/h6,9-10,12-13,17-18,22,24-25,27-28,31,34,42-43,47H,3-5,7-8,11,14-16,19-21,23,26,29-30,32-33,35-41,46H2,1-2H3,(H,50,51)/b10-9-,13-12-,18-17-,25-22-,27-24-,31-28+,34-6-/t42?,43-/m1/s1. The number of carbonyl (C=O) groups excluding carboxylic acids is 2. The van der Waals surface area contributed by atoms with E-state index in [1.807, 2.05) is 55.5 Å². The summed E-state index contributed by atoms with van der Waals surface area (Å²) in [5.74, 6) is -0.938. The molecule has 0 fully saturated rings. The molecule has 2 unspecified atom stereocenters. The lowest BCUT2D eigenvalue weighted by atomic mass is 10.1. The van der Waals surface area contributed by atoms with Gasteiger partial charge in [-0.25, -0.2) is 4.57 Å². The minimum atomic E-state index is -4.41. The third kappa shape index (κ3) is 39.4. The summed E-state index contributed by atoms with van der Waals surface area (Å²) in [4.78, 5) is 34.8. The molecule has 0 aliphatic carbocycles. The highest BCUT2D eigenvalue weighted by Crippen LogP contribution is 2.43. The van der Waals surface area contributed by atoms with E-state index in [2.05, 4.69) is 43.4 Å². The monoisotopic (exact) mass is 806 g/mol. The van der Waals surface area contributed by atoms with Crippen molar-refractivity contribution in [3.8, 4) is 0 Å². The van der Waals surface area contributed by atoms with Crippen LogP contribution in [0, 0.1) is 0 Å². The molecule has 0 aromatic carbocycles. The highest BCUT2D eigenvalue weighted by molar-refractivity contribution is 7.47. The molecule has 320 valence electrons. The smallest absolute Gasteiger partial charge is 0.462 e. The highest BCUT2D eigenvalue weighted by atomic mass is 31.2. The van der Waals surface area contributed by atoms with Crippen molar-refractivity contribution >= 4 is 19.8 Å². The minimum Gasteiger partial charge on any atom is -0.462 e. The van der Waals surface area contributed by atoms with Crippen LogP contribution in [0.4, 0.5) is 0 Å². The van der Waals surface area contributed by atoms with E-state index in [1.165, 1.54) is 44.9 Å². The van der Waals surface area contributed by atoms with Gasteiger partial charge in [-0.3, -0.25) is 18.6 Å². The number of phosphoric ester groups is 1. The molecule has 0 heterocycles. The third-order valence-corrected chi connectivity index (χ3v) is 9.32. The van der Waals surface area contributed by atoms with Gasteiger partial charge in [0.25, 0.3) is 0 Å². The van der Waals surface area contributed by atoms with E-state index in [-0.39, 0.29) is 32.6 Å². The van der Waals surface area contributed by atoms with Crippen LogP contribution in [0.2, 0.25) is 0 Å². The van der Waals surface area contributed by atoms with Crippen LogP contribution in [0.15, 0.2) is 85.1 Å². The van der Waals surface area contributed by atoms with Gasteiger partial charge in [-0.2, -0.15) is 0 Å². The van der Waals surface area contributed by atoms with Gasteiger partial charge in [0.1, 0.15) is 6.61 Å². The molecule has 10 nitrogen and oxygen atoms in total. The summed E-state index contributed by atoms with van der Waals surface area (Å²) in [6.07, 6.45) is 46.7. The van der Waals surface area contributed by atoms with E-state index in [0.717, 1.165) is 51.4 Å². The molecule has 0 aliphatic rings. The maximum absolute atomic E-state index is 12.6. The topological polar surface area (TPSA) is 155 Å². The summed E-state index contributed by atoms with van der Waals surface area (Å²) in [6, 6.07) is 0. The molecule has 0 radical (unpaired) electrons. The van der Waals surface area contributed by atoms with Crippen LogP contribution in [0.3, 0.4) is 0 Å². The van der Waals surface area contributed by atoms with Gasteiger partial charge >= 0.3 is 19.8 Å². The van der Waals surface area contributed by atoms with Crippen LogP contribution in [0.25, 0.3) is 0 Å². The minimum absolute atomic E-state index is 0.0316. The number of hydrogen-bond donors (Lipinski definition) is 3. The number of hydrogen-bond acceptors (Lipinski definition) is 9. The van der Waals surface area contributed by atoms with Crippen molar-refractivity contribution in [3.63, 3.8) is 0 Å². The Kier molecular flexibility index (Phi) is 38.3. The zero-order valence-electron chi connectivity index (χ0n) is 34.7. The molecule has 0 aromatic heterocycles. The summed E-state index contributed by atoms with van der Waals surface area (Å²) in [5.41, 5.74) is 5.34. The van der Waals surface area contributed by atoms with Crippen molar-refractivity contribution in [2.75, 3.05) is 26.4 Å². The molecule has 4 N–H and O–H groups in total. The molecule has 11 heteroatoms. The van der Waals surface area contributed by atoms with Crippen LogP contribution in [0.1, 0.15) is 149 Å². The molecule has 0 spiro atoms. The van der Waals surface area contributed by atoms with Gasteiger partial charge in [0.15, 0.2) is 6.10 Å². The van der Waals surface area contributed by atoms with Crippen molar-refractivity contribution in [1.82, 2.24) is 0 Å². The van der Waals surface area contributed by atoms with Crippen LogP contribution >= 0.6 is 7.82 Å². The van der Waals surface area contributed by atoms with Crippen LogP contribution < -0.4 is 5.73 Å². The first kappa shape index (κ1) is 53.1. The molecular formula is C45H76NO9P. The van der Waals surface area contributed by atoms with Crippen molar-refractivity contribution < 1.29 is 42.7 Å². The van der Waals surface area contributed by atoms with Gasteiger partial charge < -0.3 is 25.2 Å². The third-order valence-electron chi connectivity index (χ3n) is 8.34. The first-order valence-electron chi connectivity index (χ1n) is 21.2. The fourth-order valence-corrected chi connectivity index (χ4v) is 5.95. The number of aliphatic hydroxyl groups is 1. The lowest BCUT2D eigenvalue weighted by Crippen LogP contribution is -2.29. The maximum atomic E-state index is 12.6. The largest absolute Gasteiger partial charge is 0.472 e. The number of aliphatic hydroxyl groups excluding tert-OH is 1. The maximum Gasteiger partial charge on any atom is 0.472 e. The van der Waals surface area contributed by atoms with Gasteiger partial charge in [0, 0.05) is 19.4 Å². The summed E-state index contributed by atoms with van der Waals surface area (Å²) < 4.78 is 32.7. The van der Waals surface area contributed by atoms with E-state index in [9.17, 15) is 24.2 Å². The zero-order valence-corrected chi connectivity index (χ0v) is 35.6. The Labute approximate surface area is 339 Å². The predicted octanol–water partition coefficient (Wildman–Crippen LogP) is 11.0. The number of rotatable bonds is 38. The fourth-order valence-electron chi connectivity index (χ4n) is 5.19. The summed E-state index contributed by atoms with van der Waals surface area (Å²) in [5, 5.41) is 9.76. The molecule has 0 aliphatic heterocycles. The Bertz CT molecular complexity index is 1210. The first-order chi connectivity index (χ1) is 27.2. The van der Waals surface area contributed by atoms with Gasteiger partial charge in [-0.15, -0.1) is 0 Å². The Hall–Kier alpha value is -2.85.